The zero-order valence-electron chi connectivity index (χ0n) is 42.4. The fourth-order valence-electron chi connectivity index (χ4n) is 7.12. The Labute approximate surface area is 415 Å². The van der Waals surface area contributed by atoms with Gasteiger partial charge in [-0.1, -0.05) is 211 Å². The third-order valence-electron chi connectivity index (χ3n) is 11.6. The van der Waals surface area contributed by atoms with Crippen LogP contribution < -0.4 is 0 Å². The van der Waals surface area contributed by atoms with E-state index in [4.69, 9.17) is 23.8 Å². The molecule has 0 bridgehead atoms. The van der Waals surface area contributed by atoms with Crippen LogP contribution in [-0.4, -0.2) is 104 Å². The second kappa shape index (κ2) is 44.6. The van der Waals surface area contributed by atoms with E-state index in [9.17, 15) is 44.0 Å². The van der Waals surface area contributed by atoms with Gasteiger partial charge in [-0.25, -0.2) is 9.13 Å². The van der Waals surface area contributed by atoms with Gasteiger partial charge in [0.25, 0.3) is 0 Å². The molecule has 0 aromatic rings. The molecule has 0 heterocycles. The number of carbonyl (C=O) groups excluding carboxylic acids is 2. The normalized spacial score (nSPS) is 16.0. The van der Waals surface area contributed by atoms with Crippen LogP contribution >= 0.6 is 15.6 Å². The number of rotatable bonds is 48. The first-order valence-electron chi connectivity index (χ1n) is 26.1. The number of aliphatic hydroxyl groups excluding tert-OH is 4. The number of hydrogen-bond acceptors (Lipinski definition) is 13. The van der Waals surface area contributed by atoms with Gasteiger partial charge in [0.2, 0.25) is 0 Å². The molecule has 0 aromatic heterocycles. The van der Waals surface area contributed by atoms with Crippen LogP contribution in [0, 0.1) is 5.92 Å². The van der Waals surface area contributed by atoms with Crippen molar-refractivity contribution >= 4 is 27.6 Å². The highest BCUT2D eigenvalue weighted by Gasteiger charge is 2.28. The van der Waals surface area contributed by atoms with E-state index in [1.165, 1.54) is 102 Å². The number of phosphoric ester groups is 2. The lowest BCUT2D eigenvalue weighted by Crippen LogP contribution is -2.30. The first kappa shape index (κ1) is 67.0. The van der Waals surface area contributed by atoms with E-state index in [1.807, 2.05) is 0 Å². The van der Waals surface area contributed by atoms with Crippen molar-refractivity contribution in [1.29, 1.82) is 0 Å². The minimum atomic E-state index is -4.91. The maximum atomic E-state index is 12.8. The zero-order valence-corrected chi connectivity index (χ0v) is 44.2. The van der Waals surface area contributed by atoms with Crippen molar-refractivity contribution in [3.8, 4) is 0 Å². The number of carbonyl (C=O) groups is 2. The monoisotopic (exact) mass is 1020 g/mol. The number of phosphoric acid groups is 2. The quantitative estimate of drug-likeness (QED) is 0.0129. The van der Waals surface area contributed by atoms with Crippen LogP contribution in [0.2, 0.25) is 0 Å². The largest absolute Gasteiger partial charge is 0.472 e. The zero-order chi connectivity index (χ0) is 51.4. The molecular weight excluding hydrogens is 930 g/mol. The van der Waals surface area contributed by atoms with E-state index < -0.39 is 84.5 Å². The van der Waals surface area contributed by atoms with Crippen molar-refractivity contribution in [3.05, 3.63) is 48.6 Å². The highest BCUT2D eigenvalue weighted by molar-refractivity contribution is 7.47. The van der Waals surface area contributed by atoms with Gasteiger partial charge in [-0.15, -0.1) is 0 Å². The summed E-state index contributed by atoms with van der Waals surface area (Å²) in [5.41, 5.74) is 0. The Hall–Kier alpha value is -2.04. The Kier molecular flexibility index (Phi) is 43.3. The topological polar surface area (TPSA) is 256 Å². The molecule has 0 saturated heterocycles. The summed E-state index contributed by atoms with van der Waals surface area (Å²) in [7, 11) is -9.80. The number of esters is 2. The first-order chi connectivity index (χ1) is 33.0. The van der Waals surface area contributed by atoms with Gasteiger partial charge in [0, 0.05) is 12.8 Å². The molecule has 7 atom stereocenters. The summed E-state index contributed by atoms with van der Waals surface area (Å²) in [4.78, 5) is 53.0. The lowest BCUT2D eigenvalue weighted by Gasteiger charge is -2.20. The summed E-state index contributed by atoms with van der Waals surface area (Å²) in [5.74, 6) is -0.485. The van der Waals surface area contributed by atoms with Crippen LogP contribution in [0.15, 0.2) is 48.6 Å². The maximum absolute atomic E-state index is 12.8. The molecule has 0 fully saturated rings. The van der Waals surface area contributed by atoms with Crippen molar-refractivity contribution in [2.24, 2.45) is 5.92 Å². The number of hydrogen-bond donors (Lipinski definition) is 7. The Bertz CT molecular complexity index is 1470. The van der Waals surface area contributed by atoms with Crippen LogP contribution in [-0.2, 0) is 41.8 Å². The molecule has 16 nitrogen and oxygen atoms in total. The molecule has 0 aromatic carbocycles. The molecule has 18 heteroatoms. The molecule has 0 saturated carbocycles. The van der Waals surface area contributed by atoms with Gasteiger partial charge in [-0.2, -0.15) is 0 Å². The molecule has 0 aliphatic rings. The summed E-state index contributed by atoms with van der Waals surface area (Å²) < 4.78 is 47.7. The van der Waals surface area contributed by atoms with Crippen LogP contribution in [0.1, 0.15) is 201 Å². The minimum absolute atomic E-state index is 0.0602. The lowest BCUT2D eigenvalue weighted by molar-refractivity contribution is -0.161. The van der Waals surface area contributed by atoms with Gasteiger partial charge in [0.1, 0.15) is 12.7 Å². The number of unbranched alkanes of at least 4 members (excludes halogenated alkanes) is 19. The van der Waals surface area contributed by atoms with Gasteiger partial charge >= 0.3 is 27.6 Å². The van der Waals surface area contributed by atoms with Crippen molar-refractivity contribution < 1.29 is 76.9 Å². The molecule has 0 aliphatic heterocycles. The summed E-state index contributed by atoms with van der Waals surface area (Å²) in [6, 6.07) is 0. The Morgan fingerprint density at radius 3 is 1.51 bits per heavy atom. The standard InChI is InChI=1S/C51H94O16P2/c1-4-6-27-34-45(52)35-29-24-21-22-25-30-36-48(54)49(55)37-32-39-50(56)63-42-47(43-66-69(61,62)65-41-46(53)40-64-68(58,59)60)67-51(57)38-31-26-20-18-16-14-12-10-8-7-9-11-13-15-17-19-23-28-33-44(3)5-2/h21-22,24-25,29-30,35-36,44-49,52-55H,4-20,23,26-28,31-34,37-43H2,1-3H3,(H,61,62)(H2,58,59,60)/b24-21-,25-22+,35-29+,36-30+/t44?,45-,46+,47-,48-,49-/m1/s1. The molecular formula is C51H94O16P2. The molecule has 404 valence electrons. The number of ether oxygens (including phenoxy) is 2. The summed E-state index contributed by atoms with van der Waals surface area (Å²) >= 11 is 0. The molecule has 0 radical (unpaired) electrons. The molecule has 0 aliphatic carbocycles. The minimum Gasteiger partial charge on any atom is -0.462 e. The predicted molar refractivity (Wildman–Crippen MR) is 271 cm³/mol. The van der Waals surface area contributed by atoms with Crippen molar-refractivity contribution in [2.75, 3.05) is 26.4 Å². The number of aliphatic hydroxyl groups is 4. The summed E-state index contributed by atoms with van der Waals surface area (Å²) in [6.45, 7) is 3.68. The van der Waals surface area contributed by atoms with E-state index in [0.29, 0.717) is 6.42 Å². The van der Waals surface area contributed by atoms with Gasteiger partial charge in [-0.3, -0.25) is 23.2 Å². The highest BCUT2D eigenvalue weighted by Crippen LogP contribution is 2.44. The van der Waals surface area contributed by atoms with E-state index >= 15 is 0 Å². The van der Waals surface area contributed by atoms with Crippen molar-refractivity contribution in [3.63, 3.8) is 0 Å². The van der Waals surface area contributed by atoms with Crippen LogP contribution in [0.4, 0.5) is 0 Å². The van der Waals surface area contributed by atoms with Crippen LogP contribution in [0.5, 0.6) is 0 Å². The molecule has 69 heavy (non-hydrogen) atoms. The lowest BCUT2D eigenvalue weighted by atomic mass is 9.99. The van der Waals surface area contributed by atoms with Gasteiger partial charge in [0.15, 0.2) is 6.10 Å². The average molecular weight is 1030 g/mol. The number of allylic oxidation sites excluding steroid dienone is 6. The average Bonchev–Trinajstić information content (AvgIpc) is 3.30. The molecule has 0 rings (SSSR count). The second-order valence-electron chi connectivity index (χ2n) is 18.3. The predicted octanol–water partition coefficient (Wildman–Crippen LogP) is 11.0. The van der Waals surface area contributed by atoms with Gasteiger partial charge in [0.05, 0.1) is 38.1 Å². The van der Waals surface area contributed by atoms with Gasteiger partial charge < -0.3 is 44.6 Å². The van der Waals surface area contributed by atoms with E-state index in [1.54, 1.807) is 42.5 Å². The van der Waals surface area contributed by atoms with Gasteiger partial charge in [-0.05, 0) is 31.6 Å². The Balaban J connectivity index is 4.64. The fraction of sp³-hybridized carbons (Fsp3) is 0.804. The molecule has 0 amide bonds. The smallest absolute Gasteiger partial charge is 0.462 e. The van der Waals surface area contributed by atoms with Crippen LogP contribution in [0.3, 0.4) is 0 Å². The second-order valence-corrected chi connectivity index (χ2v) is 21.0. The van der Waals surface area contributed by atoms with E-state index in [2.05, 4.69) is 29.8 Å². The molecule has 2 unspecified atom stereocenters. The van der Waals surface area contributed by atoms with Crippen molar-refractivity contribution in [1.82, 2.24) is 0 Å². The highest BCUT2D eigenvalue weighted by atomic mass is 31.2. The first-order valence-corrected chi connectivity index (χ1v) is 29.1. The third kappa shape index (κ3) is 46.8. The third-order valence-corrected chi connectivity index (χ3v) is 13.1. The SMILES string of the molecule is CCCCC[C@@H](O)/C=C/C=C\C=C\C=C\[C@@H](O)[C@H](O)CCCC(=O)OC[C@H](COP(=O)(O)OC[C@@H](O)COP(=O)(O)O)OC(=O)CCCCCCCCCCCCCCCCCCCCC(C)CC. The summed E-state index contributed by atoms with van der Waals surface area (Å²) in [5, 5.41) is 40.3. The maximum Gasteiger partial charge on any atom is 0.472 e. The van der Waals surface area contributed by atoms with E-state index in [-0.39, 0.29) is 25.7 Å². The van der Waals surface area contributed by atoms with E-state index in [0.717, 1.165) is 57.3 Å². The Morgan fingerprint density at radius 1 is 0.507 bits per heavy atom. The van der Waals surface area contributed by atoms with Crippen LogP contribution in [0.25, 0.3) is 0 Å². The fourth-order valence-corrected chi connectivity index (χ4v) is 8.28. The molecule has 0 spiro atoms. The molecule has 7 N–H and O–H groups in total. The summed E-state index contributed by atoms with van der Waals surface area (Å²) in [6.07, 6.45) is 36.0. The van der Waals surface area contributed by atoms with Crippen molar-refractivity contribution in [2.45, 2.75) is 231 Å². The Morgan fingerprint density at radius 2 is 0.971 bits per heavy atom.